The second-order valence-electron chi connectivity index (χ2n) is 4.81. The number of aliphatic hydroxyl groups excluding tert-OH is 1. The van der Waals surface area contributed by atoms with Crippen LogP contribution in [0.2, 0.25) is 0 Å². The van der Waals surface area contributed by atoms with Crippen molar-refractivity contribution in [2.75, 3.05) is 0 Å². The van der Waals surface area contributed by atoms with Gasteiger partial charge in [0.25, 0.3) is 5.69 Å². The van der Waals surface area contributed by atoms with E-state index in [0.29, 0.717) is 23.4 Å². The first-order valence-electron chi connectivity index (χ1n) is 6.73. The van der Waals surface area contributed by atoms with Crippen LogP contribution in [-0.4, -0.2) is 30.2 Å². The molecule has 1 unspecified atom stereocenters. The lowest BCUT2D eigenvalue weighted by Gasteiger charge is -2.14. The van der Waals surface area contributed by atoms with E-state index < -0.39 is 11.0 Å². The number of aromatic nitrogens is 4. The van der Waals surface area contributed by atoms with E-state index in [1.54, 1.807) is 13.1 Å². The Morgan fingerprint density at radius 2 is 2.24 bits per heavy atom. The molecule has 2 rings (SSSR count). The highest BCUT2D eigenvalue weighted by molar-refractivity contribution is 5.64. The van der Waals surface area contributed by atoms with Crippen molar-refractivity contribution in [2.24, 2.45) is 7.05 Å². The summed E-state index contributed by atoms with van der Waals surface area (Å²) in [5.74, 6) is 0.393. The van der Waals surface area contributed by atoms with Crippen LogP contribution in [0.25, 0.3) is 11.4 Å². The second-order valence-corrected chi connectivity index (χ2v) is 4.81. The van der Waals surface area contributed by atoms with Crippen LogP contribution in [0, 0.1) is 10.1 Å². The quantitative estimate of drug-likeness (QED) is 0.644. The molecule has 0 saturated carbocycles. The summed E-state index contributed by atoms with van der Waals surface area (Å²) < 4.78 is 1.43. The molecule has 112 valence electrons. The molecule has 1 atom stereocenters. The van der Waals surface area contributed by atoms with E-state index >= 15 is 0 Å². The second kappa shape index (κ2) is 6.40. The lowest BCUT2D eigenvalue weighted by molar-refractivity contribution is -0.384. The molecule has 0 spiro atoms. The fourth-order valence-electron chi connectivity index (χ4n) is 2.15. The predicted octanol–water partition coefficient (Wildman–Crippen LogP) is 2.01. The number of rotatable bonds is 6. The molecule has 0 radical (unpaired) electrons. The summed E-state index contributed by atoms with van der Waals surface area (Å²) in [4.78, 5) is 10.5. The third-order valence-electron chi connectivity index (χ3n) is 3.30. The molecular formula is C13H17N5O3. The van der Waals surface area contributed by atoms with Crippen molar-refractivity contribution in [1.82, 2.24) is 20.2 Å². The minimum Gasteiger partial charge on any atom is -0.388 e. The van der Waals surface area contributed by atoms with E-state index in [1.807, 2.05) is 6.92 Å². The van der Waals surface area contributed by atoms with Crippen molar-refractivity contribution >= 4 is 5.69 Å². The van der Waals surface area contributed by atoms with Gasteiger partial charge in [0.15, 0.2) is 5.82 Å². The van der Waals surface area contributed by atoms with Gasteiger partial charge in [-0.2, -0.15) is 0 Å². The van der Waals surface area contributed by atoms with Gasteiger partial charge in [-0.1, -0.05) is 19.8 Å². The first-order chi connectivity index (χ1) is 10.0. The average Bonchev–Trinajstić information content (AvgIpc) is 2.90. The normalized spacial score (nSPS) is 12.3. The van der Waals surface area contributed by atoms with Gasteiger partial charge in [-0.25, -0.2) is 4.68 Å². The van der Waals surface area contributed by atoms with Gasteiger partial charge in [0, 0.05) is 24.7 Å². The van der Waals surface area contributed by atoms with Gasteiger partial charge in [0.2, 0.25) is 0 Å². The Hall–Kier alpha value is -2.35. The number of non-ortho nitro benzene ring substituents is 1. The maximum atomic E-state index is 10.9. The Bertz CT molecular complexity index is 640. The monoisotopic (exact) mass is 291 g/mol. The summed E-state index contributed by atoms with van der Waals surface area (Å²) in [6.45, 7) is 2.04. The summed E-state index contributed by atoms with van der Waals surface area (Å²) in [6, 6.07) is 4.36. The minimum atomic E-state index is -0.697. The lowest BCUT2D eigenvalue weighted by Crippen LogP contribution is -2.04. The molecular weight excluding hydrogens is 274 g/mol. The number of nitrogens with zero attached hydrogens (tertiary/aromatic N) is 5. The highest BCUT2D eigenvalue weighted by Crippen LogP contribution is 2.32. The summed E-state index contributed by atoms with van der Waals surface area (Å²) in [5.41, 5.74) is 1.03. The number of nitro groups is 1. The molecule has 0 saturated heterocycles. The van der Waals surface area contributed by atoms with Gasteiger partial charge < -0.3 is 5.11 Å². The fourth-order valence-corrected chi connectivity index (χ4v) is 2.15. The molecule has 0 fully saturated rings. The molecule has 1 heterocycles. The lowest BCUT2D eigenvalue weighted by atomic mass is 9.97. The Balaban J connectivity index is 2.49. The van der Waals surface area contributed by atoms with Crippen LogP contribution < -0.4 is 0 Å². The highest BCUT2D eigenvalue weighted by atomic mass is 16.6. The first-order valence-corrected chi connectivity index (χ1v) is 6.73. The number of hydrogen-bond acceptors (Lipinski definition) is 6. The number of aryl methyl sites for hydroxylation is 1. The largest absolute Gasteiger partial charge is 0.388 e. The van der Waals surface area contributed by atoms with Crippen molar-refractivity contribution in [2.45, 2.75) is 32.3 Å². The van der Waals surface area contributed by atoms with E-state index in [0.717, 1.165) is 12.8 Å². The Labute approximate surface area is 121 Å². The van der Waals surface area contributed by atoms with Gasteiger partial charge in [0.1, 0.15) is 0 Å². The average molecular weight is 291 g/mol. The number of unbranched alkanes of at least 4 members (excludes halogenated alkanes) is 1. The van der Waals surface area contributed by atoms with Crippen LogP contribution in [0.1, 0.15) is 37.9 Å². The van der Waals surface area contributed by atoms with Crippen LogP contribution in [-0.2, 0) is 7.05 Å². The molecule has 2 aromatic rings. The number of benzene rings is 1. The zero-order valence-corrected chi connectivity index (χ0v) is 11.9. The maximum absolute atomic E-state index is 10.9. The van der Waals surface area contributed by atoms with E-state index in [9.17, 15) is 15.2 Å². The van der Waals surface area contributed by atoms with Crippen LogP contribution >= 0.6 is 0 Å². The molecule has 1 N–H and O–H groups in total. The van der Waals surface area contributed by atoms with E-state index in [4.69, 9.17) is 0 Å². The standard InChI is InChI=1S/C13H17N5O3/c1-3-4-5-12(19)10-7-6-9(18(20)21)8-11(10)13-14-15-16-17(13)2/h6-8,12,19H,3-5H2,1-2H3. The van der Waals surface area contributed by atoms with Crippen LogP contribution in [0.3, 0.4) is 0 Å². The molecule has 0 aliphatic rings. The zero-order valence-electron chi connectivity index (χ0n) is 11.9. The van der Waals surface area contributed by atoms with Crippen molar-refractivity contribution in [3.8, 4) is 11.4 Å². The molecule has 8 heteroatoms. The Morgan fingerprint density at radius 1 is 1.48 bits per heavy atom. The maximum Gasteiger partial charge on any atom is 0.270 e. The summed E-state index contributed by atoms with van der Waals surface area (Å²) in [5, 5.41) is 32.4. The van der Waals surface area contributed by atoms with E-state index in [1.165, 1.54) is 16.8 Å². The van der Waals surface area contributed by atoms with E-state index in [-0.39, 0.29) is 5.69 Å². The minimum absolute atomic E-state index is 0.0561. The SMILES string of the molecule is CCCCC(O)c1ccc([N+](=O)[O-])cc1-c1nnnn1C. The molecule has 8 nitrogen and oxygen atoms in total. The summed E-state index contributed by atoms with van der Waals surface area (Å²) >= 11 is 0. The molecule has 0 aliphatic heterocycles. The molecule has 0 aliphatic carbocycles. The number of nitro benzene ring substituents is 1. The van der Waals surface area contributed by atoms with E-state index in [2.05, 4.69) is 15.5 Å². The fraction of sp³-hybridized carbons (Fsp3) is 0.462. The first kappa shape index (κ1) is 15.0. The highest BCUT2D eigenvalue weighted by Gasteiger charge is 2.20. The zero-order chi connectivity index (χ0) is 15.4. The molecule has 0 amide bonds. The number of tetrazole rings is 1. The van der Waals surface area contributed by atoms with Crippen LogP contribution in [0.15, 0.2) is 18.2 Å². The third kappa shape index (κ3) is 3.22. The van der Waals surface area contributed by atoms with Crippen molar-refractivity contribution in [3.63, 3.8) is 0 Å². The molecule has 1 aromatic carbocycles. The van der Waals surface area contributed by atoms with Gasteiger partial charge in [-0.05, 0) is 28.5 Å². The van der Waals surface area contributed by atoms with Gasteiger partial charge >= 0.3 is 0 Å². The summed E-state index contributed by atoms with van der Waals surface area (Å²) in [6.07, 6.45) is 1.73. The molecule has 21 heavy (non-hydrogen) atoms. The smallest absolute Gasteiger partial charge is 0.270 e. The van der Waals surface area contributed by atoms with Crippen molar-refractivity contribution in [3.05, 3.63) is 33.9 Å². The van der Waals surface area contributed by atoms with Gasteiger partial charge in [-0.3, -0.25) is 10.1 Å². The van der Waals surface area contributed by atoms with Gasteiger partial charge in [-0.15, -0.1) is 5.10 Å². The van der Waals surface area contributed by atoms with Gasteiger partial charge in [0.05, 0.1) is 11.0 Å². The van der Waals surface area contributed by atoms with Crippen molar-refractivity contribution < 1.29 is 10.0 Å². The Morgan fingerprint density at radius 3 is 2.81 bits per heavy atom. The predicted molar refractivity (Wildman–Crippen MR) is 75.4 cm³/mol. The molecule has 0 bridgehead atoms. The molecule has 1 aromatic heterocycles. The number of hydrogen-bond donors (Lipinski definition) is 1. The number of aliphatic hydroxyl groups is 1. The van der Waals surface area contributed by atoms with Crippen LogP contribution in [0.4, 0.5) is 5.69 Å². The summed E-state index contributed by atoms with van der Waals surface area (Å²) in [7, 11) is 1.65. The topological polar surface area (TPSA) is 107 Å². The third-order valence-corrected chi connectivity index (χ3v) is 3.30. The van der Waals surface area contributed by atoms with Crippen molar-refractivity contribution in [1.29, 1.82) is 0 Å². The van der Waals surface area contributed by atoms with Crippen LogP contribution in [0.5, 0.6) is 0 Å². The Kier molecular flexibility index (Phi) is 4.59.